The molecule has 0 amide bonds. The van der Waals surface area contributed by atoms with Crippen LogP contribution in [0.25, 0.3) is 0 Å². The highest BCUT2D eigenvalue weighted by molar-refractivity contribution is 9.10. The molecule has 0 atom stereocenters. The lowest BCUT2D eigenvalue weighted by molar-refractivity contribution is -0.384. The fraction of sp³-hybridized carbons (Fsp3) is 0.0714. The maximum Gasteiger partial charge on any atom is 0.293 e. The van der Waals surface area contributed by atoms with Gasteiger partial charge < -0.3 is 5.32 Å². The number of benzene rings is 2. The monoisotopic (exact) mass is 349 g/mol. The molecular formula is C14H9BrFN3O2. The number of nitro groups is 1. The van der Waals surface area contributed by atoms with E-state index >= 15 is 0 Å². The van der Waals surface area contributed by atoms with Gasteiger partial charge >= 0.3 is 0 Å². The van der Waals surface area contributed by atoms with Gasteiger partial charge in [-0.25, -0.2) is 4.39 Å². The molecule has 0 aliphatic carbocycles. The van der Waals surface area contributed by atoms with Crippen molar-refractivity contribution >= 4 is 27.3 Å². The number of hydrogen-bond acceptors (Lipinski definition) is 4. The Morgan fingerprint density at radius 3 is 2.71 bits per heavy atom. The third kappa shape index (κ3) is 3.55. The summed E-state index contributed by atoms with van der Waals surface area (Å²) >= 11 is 3.17. The maximum atomic E-state index is 13.7. The standard InChI is InChI=1S/C14H9BrFN3O2/c15-11-3-4-13(14(6-11)19(20)21)18-8-10-2-1-9(7-17)5-12(10)16/h1-6,18H,8H2. The van der Waals surface area contributed by atoms with Gasteiger partial charge in [0.05, 0.1) is 16.6 Å². The summed E-state index contributed by atoms with van der Waals surface area (Å²) in [7, 11) is 0. The number of nitrogens with one attached hydrogen (secondary N) is 1. The number of halogens is 2. The van der Waals surface area contributed by atoms with Crippen LogP contribution in [-0.4, -0.2) is 4.92 Å². The molecule has 0 fully saturated rings. The predicted octanol–water partition coefficient (Wildman–Crippen LogP) is 3.98. The first-order valence-corrected chi connectivity index (χ1v) is 6.67. The van der Waals surface area contributed by atoms with E-state index in [2.05, 4.69) is 21.2 Å². The Balaban J connectivity index is 2.21. The summed E-state index contributed by atoms with van der Waals surface area (Å²) in [5.74, 6) is -0.527. The molecule has 2 aromatic carbocycles. The summed E-state index contributed by atoms with van der Waals surface area (Å²) in [6.45, 7) is 0.0833. The first-order valence-electron chi connectivity index (χ1n) is 5.87. The van der Waals surface area contributed by atoms with Gasteiger partial charge in [0.25, 0.3) is 5.69 Å². The largest absolute Gasteiger partial charge is 0.375 e. The quantitative estimate of drug-likeness (QED) is 0.668. The molecule has 0 saturated carbocycles. The molecular weight excluding hydrogens is 341 g/mol. The minimum absolute atomic E-state index is 0.0833. The van der Waals surface area contributed by atoms with Crippen molar-refractivity contribution in [2.75, 3.05) is 5.32 Å². The van der Waals surface area contributed by atoms with E-state index in [1.54, 1.807) is 12.1 Å². The Bertz CT molecular complexity index is 743. The van der Waals surface area contributed by atoms with Gasteiger partial charge in [0.2, 0.25) is 0 Å². The van der Waals surface area contributed by atoms with Gasteiger partial charge in [0.1, 0.15) is 11.5 Å². The molecule has 2 aromatic rings. The lowest BCUT2D eigenvalue weighted by Crippen LogP contribution is -2.04. The molecule has 0 bridgehead atoms. The Morgan fingerprint density at radius 1 is 1.33 bits per heavy atom. The fourth-order valence-corrected chi connectivity index (χ4v) is 2.11. The Hall–Kier alpha value is -2.46. The average molecular weight is 350 g/mol. The highest BCUT2D eigenvalue weighted by atomic mass is 79.9. The molecule has 0 aliphatic rings. The number of nitrogens with zero attached hydrogens (tertiary/aromatic N) is 2. The lowest BCUT2D eigenvalue weighted by Gasteiger charge is -2.08. The van der Waals surface area contributed by atoms with Crippen molar-refractivity contribution in [1.29, 1.82) is 5.26 Å². The molecule has 0 unspecified atom stereocenters. The van der Waals surface area contributed by atoms with E-state index in [4.69, 9.17) is 5.26 Å². The molecule has 0 saturated heterocycles. The van der Waals surface area contributed by atoms with Crippen LogP contribution in [0.3, 0.4) is 0 Å². The topological polar surface area (TPSA) is 79.0 Å². The van der Waals surface area contributed by atoms with E-state index in [9.17, 15) is 14.5 Å². The molecule has 0 radical (unpaired) electrons. The van der Waals surface area contributed by atoms with Crippen molar-refractivity contribution in [3.05, 3.63) is 67.9 Å². The molecule has 0 spiro atoms. The van der Waals surface area contributed by atoms with E-state index in [0.29, 0.717) is 15.7 Å². The summed E-state index contributed by atoms with van der Waals surface area (Å²) in [6, 6.07) is 10.5. The predicted molar refractivity (Wildman–Crippen MR) is 79.2 cm³/mol. The molecule has 0 aliphatic heterocycles. The summed E-state index contributed by atoms with van der Waals surface area (Å²) in [5.41, 5.74) is 0.752. The van der Waals surface area contributed by atoms with Crippen molar-refractivity contribution in [2.24, 2.45) is 0 Å². The Kier molecular flexibility index (Phi) is 4.50. The first kappa shape index (κ1) is 14.9. The molecule has 0 heterocycles. The zero-order valence-corrected chi connectivity index (χ0v) is 12.2. The molecule has 0 aromatic heterocycles. The van der Waals surface area contributed by atoms with Gasteiger partial charge in [-0.3, -0.25) is 10.1 Å². The van der Waals surface area contributed by atoms with Crippen molar-refractivity contribution in [2.45, 2.75) is 6.54 Å². The van der Waals surface area contributed by atoms with Gasteiger partial charge in [0, 0.05) is 22.6 Å². The van der Waals surface area contributed by atoms with Crippen LogP contribution in [0.5, 0.6) is 0 Å². The minimum Gasteiger partial charge on any atom is -0.375 e. The third-order valence-corrected chi connectivity index (χ3v) is 3.30. The van der Waals surface area contributed by atoms with Gasteiger partial charge in [-0.1, -0.05) is 22.0 Å². The normalized spacial score (nSPS) is 9.95. The molecule has 106 valence electrons. The zero-order valence-electron chi connectivity index (χ0n) is 10.6. The molecule has 2 rings (SSSR count). The Morgan fingerprint density at radius 2 is 2.10 bits per heavy atom. The van der Waals surface area contributed by atoms with E-state index in [0.717, 1.165) is 6.07 Å². The molecule has 7 heteroatoms. The number of hydrogen-bond donors (Lipinski definition) is 1. The molecule has 21 heavy (non-hydrogen) atoms. The number of nitro benzene ring substituents is 1. The minimum atomic E-state index is -0.527. The number of rotatable bonds is 4. The summed E-state index contributed by atoms with van der Waals surface area (Å²) in [5, 5.41) is 22.5. The maximum absolute atomic E-state index is 13.7. The van der Waals surface area contributed by atoms with Gasteiger partial charge in [-0.15, -0.1) is 0 Å². The summed E-state index contributed by atoms with van der Waals surface area (Å²) < 4.78 is 14.3. The van der Waals surface area contributed by atoms with Crippen LogP contribution in [0, 0.1) is 27.3 Å². The highest BCUT2D eigenvalue weighted by Crippen LogP contribution is 2.28. The second kappa shape index (κ2) is 6.33. The lowest BCUT2D eigenvalue weighted by atomic mass is 10.1. The van der Waals surface area contributed by atoms with Gasteiger partial charge in [0.15, 0.2) is 0 Å². The van der Waals surface area contributed by atoms with E-state index in [-0.39, 0.29) is 17.8 Å². The van der Waals surface area contributed by atoms with Crippen LogP contribution in [0.4, 0.5) is 15.8 Å². The SMILES string of the molecule is N#Cc1ccc(CNc2ccc(Br)cc2[N+](=O)[O-])c(F)c1. The second-order valence-electron chi connectivity index (χ2n) is 4.19. The zero-order chi connectivity index (χ0) is 15.4. The van der Waals surface area contributed by atoms with Gasteiger partial charge in [-0.05, 0) is 24.3 Å². The van der Waals surface area contributed by atoms with Crippen LogP contribution in [0.1, 0.15) is 11.1 Å². The van der Waals surface area contributed by atoms with Crippen LogP contribution in [0.15, 0.2) is 40.9 Å². The summed E-state index contributed by atoms with van der Waals surface area (Å²) in [6.07, 6.45) is 0. The molecule has 5 nitrogen and oxygen atoms in total. The van der Waals surface area contributed by atoms with E-state index < -0.39 is 10.7 Å². The van der Waals surface area contributed by atoms with Gasteiger partial charge in [-0.2, -0.15) is 5.26 Å². The smallest absolute Gasteiger partial charge is 0.293 e. The van der Waals surface area contributed by atoms with E-state index in [1.165, 1.54) is 18.2 Å². The third-order valence-electron chi connectivity index (χ3n) is 2.81. The van der Waals surface area contributed by atoms with Crippen molar-refractivity contribution in [1.82, 2.24) is 0 Å². The van der Waals surface area contributed by atoms with Crippen molar-refractivity contribution < 1.29 is 9.31 Å². The van der Waals surface area contributed by atoms with Crippen LogP contribution in [0.2, 0.25) is 0 Å². The number of nitriles is 1. The highest BCUT2D eigenvalue weighted by Gasteiger charge is 2.14. The van der Waals surface area contributed by atoms with E-state index in [1.807, 2.05) is 6.07 Å². The van der Waals surface area contributed by atoms with Crippen LogP contribution >= 0.6 is 15.9 Å². The van der Waals surface area contributed by atoms with Crippen LogP contribution < -0.4 is 5.32 Å². The fourth-order valence-electron chi connectivity index (χ4n) is 1.76. The molecule has 1 N–H and O–H groups in total. The number of anilines is 1. The van der Waals surface area contributed by atoms with Crippen molar-refractivity contribution in [3.63, 3.8) is 0 Å². The van der Waals surface area contributed by atoms with Crippen molar-refractivity contribution in [3.8, 4) is 6.07 Å². The average Bonchev–Trinajstić information content (AvgIpc) is 2.46. The second-order valence-corrected chi connectivity index (χ2v) is 5.11. The Labute approximate surface area is 128 Å². The first-order chi connectivity index (χ1) is 10.0. The summed E-state index contributed by atoms with van der Waals surface area (Å²) in [4.78, 5) is 10.5. The van der Waals surface area contributed by atoms with Crippen LogP contribution in [-0.2, 0) is 6.54 Å².